The van der Waals surface area contributed by atoms with Crippen molar-refractivity contribution in [3.8, 4) is 0 Å². The fourth-order valence-corrected chi connectivity index (χ4v) is 14.3. The topological polar surface area (TPSA) is 44.5 Å². The Hall–Kier alpha value is -0.800. The Balaban J connectivity index is 1.18. The first-order valence-corrected chi connectivity index (χ1v) is 18.1. The van der Waals surface area contributed by atoms with E-state index in [1.54, 1.807) is 0 Å². The molecule has 1 heterocycles. The lowest BCUT2D eigenvalue weighted by molar-refractivity contribution is -0.302. The van der Waals surface area contributed by atoms with E-state index in [9.17, 15) is 0 Å². The number of ether oxygens (including phenoxy) is 2. The predicted molar refractivity (Wildman–Crippen MR) is 170 cm³/mol. The SMILES string of the molecule is CC(C)C(C)C12CCC3(C)C4CCC5C6(C)CCC7(CC(C)C6OCC(C)(N)C(C)C)C(C)C57C4=CCC34C=C(O1)C24. The average molecular weight is 576 g/mol. The van der Waals surface area contributed by atoms with Gasteiger partial charge in [0.05, 0.1) is 18.6 Å². The van der Waals surface area contributed by atoms with Gasteiger partial charge in [-0.15, -0.1) is 0 Å². The van der Waals surface area contributed by atoms with Gasteiger partial charge in [0.1, 0.15) is 11.4 Å². The molecule has 0 aromatic rings. The molecule has 3 heteroatoms. The summed E-state index contributed by atoms with van der Waals surface area (Å²) in [4.78, 5) is 0. The van der Waals surface area contributed by atoms with Gasteiger partial charge in [-0.3, -0.25) is 0 Å². The molecule has 0 aromatic carbocycles. The Morgan fingerprint density at radius 1 is 1.05 bits per heavy atom. The van der Waals surface area contributed by atoms with Gasteiger partial charge in [0.2, 0.25) is 0 Å². The molecule has 14 unspecified atom stereocenters. The molecule has 234 valence electrons. The van der Waals surface area contributed by atoms with Gasteiger partial charge in [-0.25, -0.2) is 0 Å². The maximum Gasteiger partial charge on any atom is 0.122 e. The molecule has 6 saturated carbocycles. The zero-order valence-corrected chi connectivity index (χ0v) is 28.6. The molecule has 3 spiro atoms. The standard InChI is InChI=1S/C39H61NO2/c1-22(2)25(6)38-18-16-34(9)27-11-12-30-33(8)15-17-36(19-24(5)32(33)41-21-35(10,40)23(3)4)26(7)39(30,36)28(27)13-14-37(34)20-29(42-38)31(37)38/h13,20,22-27,30-32H,11-12,14-19,21,40H2,1-10H3. The van der Waals surface area contributed by atoms with E-state index in [1.165, 1.54) is 57.1 Å². The highest BCUT2D eigenvalue weighted by atomic mass is 16.5. The van der Waals surface area contributed by atoms with Crippen LogP contribution >= 0.6 is 0 Å². The highest BCUT2D eigenvalue weighted by Gasteiger charge is 2.87. The number of fused-ring (bicyclic) bond motifs is 5. The van der Waals surface area contributed by atoms with Gasteiger partial charge in [0.15, 0.2) is 0 Å². The monoisotopic (exact) mass is 575 g/mol. The molecule has 0 radical (unpaired) electrons. The molecule has 42 heavy (non-hydrogen) atoms. The smallest absolute Gasteiger partial charge is 0.122 e. The van der Waals surface area contributed by atoms with E-state index >= 15 is 0 Å². The Labute approximate surface area is 257 Å². The lowest BCUT2D eigenvalue weighted by atomic mass is 9.32. The molecule has 8 aliphatic carbocycles. The van der Waals surface area contributed by atoms with Gasteiger partial charge in [-0.05, 0) is 122 Å². The first kappa shape index (κ1) is 28.7. The molecule has 1 aliphatic heterocycles. The van der Waals surface area contributed by atoms with Crippen LogP contribution in [0, 0.1) is 74.4 Å². The molecule has 3 nitrogen and oxygen atoms in total. The second-order valence-corrected chi connectivity index (χ2v) is 18.9. The van der Waals surface area contributed by atoms with E-state index in [-0.39, 0.29) is 16.6 Å². The molecule has 0 amide bonds. The molecular formula is C39H61NO2. The van der Waals surface area contributed by atoms with Gasteiger partial charge in [0.25, 0.3) is 0 Å². The second-order valence-electron chi connectivity index (χ2n) is 18.9. The molecular weight excluding hydrogens is 514 g/mol. The molecule has 7 fully saturated rings. The Morgan fingerprint density at radius 3 is 2.45 bits per heavy atom. The van der Waals surface area contributed by atoms with Crippen LogP contribution in [0.15, 0.2) is 23.5 Å². The van der Waals surface area contributed by atoms with Gasteiger partial charge in [-0.2, -0.15) is 0 Å². The molecule has 0 aromatic heterocycles. The van der Waals surface area contributed by atoms with E-state index in [0.717, 1.165) is 17.8 Å². The summed E-state index contributed by atoms with van der Waals surface area (Å²) in [6.07, 6.45) is 16.5. The van der Waals surface area contributed by atoms with E-state index in [4.69, 9.17) is 15.2 Å². The van der Waals surface area contributed by atoms with E-state index in [2.05, 4.69) is 81.4 Å². The highest BCUT2D eigenvalue weighted by molar-refractivity contribution is 5.51. The fraction of sp³-hybridized carbons (Fsp3) is 0.897. The van der Waals surface area contributed by atoms with Crippen LogP contribution in [0.2, 0.25) is 0 Å². The Kier molecular flexibility index (Phi) is 5.54. The molecule has 2 N–H and O–H groups in total. The van der Waals surface area contributed by atoms with Crippen LogP contribution in [0.3, 0.4) is 0 Å². The number of nitrogens with two attached hydrogens (primary N) is 1. The van der Waals surface area contributed by atoms with Crippen LogP contribution in [-0.2, 0) is 9.47 Å². The highest BCUT2D eigenvalue weighted by Crippen LogP contribution is 2.91. The summed E-state index contributed by atoms with van der Waals surface area (Å²) in [5, 5.41) is 0. The van der Waals surface area contributed by atoms with Crippen molar-refractivity contribution in [1.29, 1.82) is 0 Å². The summed E-state index contributed by atoms with van der Waals surface area (Å²) < 4.78 is 13.8. The lowest BCUT2D eigenvalue weighted by Crippen LogP contribution is -2.75. The zero-order valence-electron chi connectivity index (χ0n) is 28.6. The van der Waals surface area contributed by atoms with Crippen LogP contribution in [-0.4, -0.2) is 23.9 Å². The minimum atomic E-state index is -0.275. The molecule has 2 bridgehead atoms. The third kappa shape index (κ3) is 2.79. The number of rotatable bonds is 6. The van der Waals surface area contributed by atoms with Gasteiger partial charge in [-0.1, -0.05) is 74.0 Å². The Bertz CT molecular complexity index is 1260. The van der Waals surface area contributed by atoms with Crippen LogP contribution in [0.1, 0.15) is 121 Å². The minimum absolute atomic E-state index is 0.0923. The predicted octanol–water partition coefficient (Wildman–Crippen LogP) is 8.93. The third-order valence-corrected chi connectivity index (χ3v) is 17.3. The van der Waals surface area contributed by atoms with Crippen LogP contribution in [0.5, 0.6) is 0 Å². The summed E-state index contributed by atoms with van der Waals surface area (Å²) in [7, 11) is 0. The number of hydrogen-bond donors (Lipinski definition) is 1. The maximum atomic E-state index is 7.07. The van der Waals surface area contributed by atoms with Crippen molar-refractivity contribution in [2.75, 3.05) is 6.61 Å². The summed E-state index contributed by atoms with van der Waals surface area (Å²) in [5.74, 6) is 6.61. The summed E-state index contributed by atoms with van der Waals surface area (Å²) in [6.45, 7) is 25.3. The van der Waals surface area contributed by atoms with Crippen molar-refractivity contribution in [3.05, 3.63) is 23.5 Å². The summed E-state index contributed by atoms with van der Waals surface area (Å²) >= 11 is 0. The largest absolute Gasteiger partial charge is 0.490 e. The summed E-state index contributed by atoms with van der Waals surface area (Å²) in [5.41, 5.74) is 10.3. The van der Waals surface area contributed by atoms with Crippen molar-refractivity contribution in [1.82, 2.24) is 0 Å². The third-order valence-electron chi connectivity index (χ3n) is 17.3. The van der Waals surface area contributed by atoms with Crippen molar-refractivity contribution in [2.45, 2.75) is 138 Å². The minimum Gasteiger partial charge on any atom is -0.490 e. The van der Waals surface area contributed by atoms with Gasteiger partial charge >= 0.3 is 0 Å². The number of hydrogen-bond acceptors (Lipinski definition) is 3. The normalized spacial score (nSPS) is 56.5. The maximum absolute atomic E-state index is 7.07. The van der Waals surface area contributed by atoms with Gasteiger partial charge in [0, 0.05) is 16.4 Å². The fourth-order valence-electron chi connectivity index (χ4n) is 14.3. The second kappa shape index (κ2) is 8.12. The van der Waals surface area contributed by atoms with Crippen LogP contribution in [0.4, 0.5) is 0 Å². The lowest BCUT2D eigenvalue weighted by Gasteiger charge is -2.77. The molecule has 1 saturated heterocycles. The van der Waals surface area contributed by atoms with E-state index in [0.29, 0.717) is 64.0 Å². The average Bonchev–Trinajstić information content (AvgIpc) is 3.47. The Morgan fingerprint density at radius 2 is 1.79 bits per heavy atom. The van der Waals surface area contributed by atoms with Crippen molar-refractivity contribution in [3.63, 3.8) is 0 Å². The van der Waals surface area contributed by atoms with E-state index < -0.39 is 0 Å². The van der Waals surface area contributed by atoms with Crippen molar-refractivity contribution >= 4 is 0 Å². The van der Waals surface area contributed by atoms with Crippen molar-refractivity contribution in [2.24, 2.45) is 80.2 Å². The van der Waals surface area contributed by atoms with Crippen LogP contribution < -0.4 is 5.73 Å². The van der Waals surface area contributed by atoms with Crippen molar-refractivity contribution < 1.29 is 9.47 Å². The molecule has 9 aliphatic rings. The quantitative estimate of drug-likeness (QED) is 0.322. The van der Waals surface area contributed by atoms with Crippen LogP contribution in [0.25, 0.3) is 0 Å². The number of allylic oxidation sites excluding steroid dienone is 3. The van der Waals surface area contributed by atoms with Gasteiger partial charge < -0.3 is 15.2 Å². The molecule has 14 atom stereocenters. The first-order chi connectivity index (χ1) is 19.6. The first-order valence-electron chi connectivity index (χ1n) is 18.1. The molecule has 9 rings (SSSR count). The summed E-state index contributed by atoms with van der Waals surface area (Å²) in [6, 6.07) is 0. The zero-order chi connectivity index (χ0) is 30.0. The van der Waals surface area contributed by atoms with E-state index in [1.807, 2.05) is 5.57 Å².